The van der Waals surface area contributed by atoms with Crippen molar-refractivity contribution in [3.05, 3.63) is 71.8 Å². The summed E-state index contributed by atoms with van der Waals surface area (Å²) >= 11 is 0. The number of nitrogens with one attached hydrogen (secondary N) is 1. The molecule has 0 fully saturated rings. The Morgan fingerprint density at radius 3 is 2.09 bits per heavy atom. The Morgan fingerprint density at radius 1 is 0.957 bits per heavy atom. The summed E-state index contributed by atoms with van der Waals surface area (Å²) in [6.45, 7) is 2.20. The molecule has 0 radical (unpaired) electrons. The molecule has 0 aliphatic heterocycles. The molecule has 0 saturated heterocycles. The van der Waals surface area contributed by atoms with Crippen molar-refractivity contribution in [3.63, 3.8) is 0 Å². The average molecular weight is 311 g/mol. The van der Waals surface area contributed by atoms with Crippen LogP contribution in [-0.2, 0) is 4.74 Å². The summed E-state index contributed by atoms with van der Waals surface area (Å²) in [5.41, 5.74) is 1.11. The molecular weight excluding hydrogens is 290 g/mol. The van der Waals surface area contributed by atoms with Crippen molar-refractivity contribution in [3.8, 4) is 0 Å². The van der Waals surface area contributed by atoms with E-state index in [1.54, 1.807) is 36.4 Å². The van der Waals surface area contributed by atoms with Crippen LogP contribution < -0.4 is 5.32 Å². The zero-order valence-electron chi connectivity index (χ0n) is 13.2. The van der Waals surface area contributed by atoms with E-state index >= 15 is 0 Å². The Hall–Kier alpha value is -2.62. The largest absolute Gasteiger partial charge is 0.460 e. The van der Waals surface area contributed by atoms with Crippen molar-refractivity contribution in [1.82, 2.24) is 5.32 Å². The Kier molecular flexibility index (Phi) is 6.36. The van der Waals surface area contributed by atoms with E-state index in [9.17, 15) is 9.59 Å². The number of carbonyl (C=O) groups is 2. The maximum absolute atomic E-state index is 12.2. The highest BCUT2D eigenvalue weighted by Gasteiger charge is 2.15. The molecule has 2 aromatic rings. The minimum Gasteiger partial charge on any atom is -0.460 e. The van der Waals surface area contributed by atoms with Gasteiger partial charge in [-0.15, -0.1) is 0 Å². The van der Waals surface area contributed by atoms with Crippen LogP contribution in [0.3, 0.4) is 0 Å². The highest BCUT2D eigenvalue weighted by molar-refractivity contribution is 5.94. The van der Waals surface area contributed by atoms with Gasteiger partial charge in [0.2, 0.25) is 0 Å². The molecule has 120 valence electrons. The molecule has 1 amide bonds. The lowest BCUT2D eigenvalue weighted by molar-refractivity contribution is 0.0451. The smallest absolute Gasteiger partial charge is 0.338 e. The van der Waals surface area contributed by atoms with Gasteiger partial charge in [-0.3, -0.25) is 4.79 Å². The van der Waals surface area contributed by atoms with Crippen molar-refractivity contribution in [2.45, 2.75) is 25.8 Å². The first-order valence-corrected chi connectivity index (χ1v) is 7.78. The second-order valence-corrected chi connectivity index (χ2v) is 5.29. The molecule has 0 aliphatic rings. The van der Waals surface area contributed by atoms with Gasteiger partial charge in [-0.2, -0.15) is 0 Å². The van der Waals surface area contributed by atoms with Crippen LogP contribution in [0.5, 0.6) is 0 Å². The van der Waals surface area contributed by atoms with Crippen LogP contribution in [-0.4, -0.2) is 24.5 Å². The number of hydrogen-bond donors (Lipinski definition) is 1. The van der Waals surface area contributed by atoms with Crippen LogP contribution in [0, 0.1) is 0 Å². The maximum atomic E-state index is 12.2. The van der Waals surface area contributed by atoms with E-state index in [2.05, 4.69) is 5.32 Å². The van der Waals surface area contributed by atoms with Crippen LogP contribution >= 0.6 is 0 Å². The summed E-state index contributed by atoms with van der Waals surface area (Å²) in [4.78, 5) is 24.2. The zero-order valence-corrected chi connectivity index (χ0v) is 13.2. The SMILES string of the molecule is CCCC(COC(=O)c1ccccc1)NC(=O)c1ccccc1. The van der Waals surface area contributed by atoms with Gasteiger partial charge in [-0.1, -0.05) is 49.7 Å². The van der Waals surface area contributed by atoms with Gasteiger partial charge < -0.3 is 10.1 Å². The fourth-order valence-corrected chi connectivity index (χ4v) is 2.24. The molecule has 4 heteroatoms. The molecular formula is C19H21NO3. The van der Waals surface area contributed by atoms with Crippen LogP contribution in [0.1, 0.15) is 40.5 Å². The topological polar surface area (TPSA) is 55.4 Å². The lowest BCUT2D eigenvalue weighted by atomic mass is 10.1. The average Bonchev–Trinajstić information content (AvgIpc) is 2.61. The van der Waals surface area contributed by atoms with E-state index in [0.717, 1.165) is 12.8 Å². The summed E-state index contributed by atoms with van der Waals surface area (Å²) in [7, 11) is 0. The third-order valence-corrected chi connectivity index (χ3v) is 3.43. The normalized spacial score (nSPS) is 11.5. The number of carbonyl (C=O) groups excluding carboxylic acids is 2. The molecule has 23 heavy (non-hydrogen) atoms. The first-order valence-electron chi connectivity index (χ1n) is 7.78. The van der Waals surface area contributed by atoms with Gasteiger partial charge in [0.1, 0.15) is 6.61 Å². The number of benzene rings is 2. The van der Waals surface area contributed by atoms with Gasteiger partial charge in [-0.25, -0.2) is 4.79 Å². The molecule has 1 atom stereocenters. The highest BCUT2D eigenvalue weighted by atomic mass is 16.5. The molecule has 1 unspecified atom stereocenters. The van der Waals surface area contributed by atoms with Gasteiger partial charge in [0.25, 0.3) is 5.91 Å². The van der Waals surface area contributed by atoms with Gasteiger partial charge in [0.15, 0.2) is 0 Å². The first kappa shape index (κ1) is 16.7. The standard InChI is InChI=1S/C19H21NO3/c1-2-9-17(20-18(21)15-10-5-3-6-11-15)14-23-19(22)16-12-7-4-8-13-16/h3-8,10-13,17H,2,9,14H2,1H3,(H,20,21). The first-order chi connectivity index (χ1) is 11.2. The number of rotatable bonds is 7. The molecule has 1 N–H and O–H groups in total. The van der Waals surface area contributed by atoms with Crippen LogP contribution in [0.15, 0.2) is 60.7 Å². The summed E-state index contributed by atoms with van der Waals surface area (Å²) in [5, 5.41) is 2.92. The molecule has 0 aliphatic carbocycles. The zero-order chi connectivity index (χ0) is 16.5. The van der Waals surface area contributed by atoms with E-state index in [-0.39, 0.29) is 24.5 Å². The fourth-order valence-electron chi connectivity index (χ4n) is 2.24. The molecule has 4 nitrogen and oxygen atoms in total. The van der Waals surface area contributed by atoms with Crippen molar-refractivity contribution in [1.29, 1.82) is 0 Å². The van der Waals surface area contributed by atoms with E-state index in [4.69, 9.17) is 4.74 Å². The predicted molar refractivity (Wildman–Crippen MR) is 89.3 cm³/mol. The Bertz CT molecular complexity index is 626. The fraction of sp³-hybridized carbons (Fsp3) is 0.263. The maximum Gasteiger partial charge on any atom is 0.338 e. The van der Waals surface area contributed by atoms with E-state index in [1.165, 1.54) is 0 Å². The van der Waals surface area contributed by atoms with E-state index in [1.807, 2.05) is 31.2 Å². The number of ether oxygens (including phenoxy) is 1. The Morgan fingerprint density at radius 2 is 1.52 bits per heavy atom. The third kappa shape index (κ3) is 5.25. The van der Waals surface area contributed by atoms with Crippen LogP contribution in [0.2, 0.25) is 0 Å². The lowest BCUT2D eigenvalue weighted by Crippen LogP contribution is -2.38. The molecule has 2 aromatic carbocycles. The monoisotopic (exact) mass is 311 g/mol. The third-order valence-electron chi connectivity index (χ3n) is 3.43. The summed E-state index contributed by atoms with van der Waals surface area (Å²) in [6, 6.07) is 17.7. The minimum absolute atomic E-state index is 0.153. The number of amides is 1. The summed E-state index contributed by atoms with van der Waals surface area (Å²) in [6.07, 6.45) is 1.64. The van der Waals surface area contributed by atoms with Gasteiger partial charge in [0.05, 0.1) is 11.6 Å². The van der Waals surface area contributed by atoms with Crippen molar-refractivity contribution in [2.75, 3.05) is 6.61 Å². The minimum atomic E-state index is -0.374. The van der Waals surface area contributed by atoms with Crippen LogP contribution in [0.25, 0.3) is 0 Å². The number of hydrogen-bond acceptors (Lipinski definition) is 3. The van der Waals surface area contributed by atoms with Crippen molar-refractivity contribution < 1.29 is 14.3 Å². The van der Waals surface area contributed by atoms with Crippen LogP contribution in [0.4, 0.5) is 0 Å². The van der Waals surface area contributed by atoms with E-state index < -0.39 is 0 Å². The summed E-state index contributed by atoms with van der Waals surface area (Å²) in [5.74, 6) is -0.527. The lowest BCUT2D eigenvalue weighted by Gasteiger charge is -2.18. The van der Waals surface area contributed by atoms with Gasteiger partial charge in [-0.05, 0) is 30.7 Å². The molecule has 0 aromatic heterocycles. The summed E-state index contributed by atoms with van der Waals surface area (Å²) < 4.78 is 5.33. The Labute approximate surface area is 136 Å². The molecule has 0 saturated carbocycles. The second-order valence-electron chi connectivity index (χ2n) is 5.29. The quantitative estimate of drug-likeness (QED) is 0.797. The van der Waals surface area contributed by atoms with Gasteiger partial charge in [0, 0.05) is 5.56 Å². The Balaban J connectivity index is 1.91. The molecule has 0 heterocycles. The van der Waals surface area contributed by atoms with Gasteiger partial charge >= 0.3 is 5.97 Å². The molecule has 2 rings (SSSR count). The predicted octanol–water partition coefficient (Wildman–Crippen LogP) is 3.44. The van der Waals surface area contributed by atoms with Crippen molar-refractivity contribution in [2.24, 2.45) is 0 Å². The second kappa shape index (κ2) is 8.73. The molecule has 0 spiro atoms. The van der Waals surface area contributed by atoms with E-state index in [0.29, 0.717) is 11.1 Å². The highest BCUT2D eigenvalue weighted by Crippen LogP contribution is 2.06. The number of esters is 1. The molecule has 0 bridgehead atoms. The van der Waals surface area contributed by atoms with Crippen molar-refractivity contribution >= 4 is 11.9 Å².